The molecule has 2 aliphatic heterocycles. The number of rotatable bonds is 7. The first-order chi connectivity index (χ1) is 16.4. The van der Waals surface area contributed by atoms with Crippen LogP contribution in [0.1, 0.15) is 15.9 Å². The second-order valence-electron chi connectivity index (χ2n) is 8.50. The van der Waals surface area contributed by atoms with Gasteiger partial charge in [0.2, 0.25) is 5.91 Å². The number of benzene rings is 2. The second kappa shape index (κ2) is 10.1. The Balaban J connectivity index is 1.48. The van der Waals surface area contributed by atoms with E-state index < -0.39 is 0 Å². The summed E-state index contributed by atoms with van der Waals surface area (Å²) in [5.74, 6) is 0.765. The van der Waals surface area contributed by atoms with Crippen molar-refractivity contribution in [3.63, 3.8) is 0 Å². The number of piperazine rings is 1. The van der Waals surface area contributed by atoms with Crippen LogP contribution in [0.15, 0.2) is 36.4 Å². The average Bonchev–Trinajstić information content (AvgIpc) is 2.84. The Kier molecular flexibility index (Phi) is 7.02. The highest BCUT2D eigenvalue weighted by molar-refractivity contribution is 6.04. The lowest BCUT2D eigenvalue weighted by Gasteiger charge is -2.35. The van der Waals surface area contributed by atoms with E-state index in [2.05, 4.69) is 4.90 Å². The van der Waals surface area contributed by atoms with Crippen molar-refractivity contribution >= 4 is 23.3 Å². The Labute approximate surface area is 198 Å². The van der Waals surface area contributed by atoms with Gasteiger partial charge in [-0.3, -0.25) is 19.3 Å². The van der Waals surface area contributed by atoms with Crippen LogP contribution in [0.4, 0.5) is 5.69 Å². The molecule has 0 saturated carbocycles. The zero-order chi connectivity index (χ0) is 24.2. The number of hydrogen-bond donors (Lipinski definition) is 0. The molecular weight excluding hydrogens is 438 g/mol. The third-order valence-corrected chi connectivity index (χ3v) is 6.05. The Morgan fingerprint density at radius 2 is 1.79 bits per heavy atom. The number of nitrogens with zero attached hydrogens (tertiary/aromatic N) is 3. The summed E-state index contributed by atoms with van der Waals surface area (Å²) < 4.78 is 16.5. The Hall–Kier alpha value is -3.59. The summed E-state index contributed by atoms with van der Waals surface area (Å²) in [5, 5.41) is 0. The highest BCUT2D eigenvalue weighted by atomic mass is 16.5. The number of anilines is 1. The second-order valence-corrected chi connectivity index (χ2v) is 8.50. The van der Waals surface area contributed by atoms with Gasteiger partial charge in [-0.2, -0.15) is 0 Å². The number of Topliss-reactive ketones (excluding diaryl/α,β-unsaturated/α-hetero) is 1. The van der Waals surface area contributed by atoms with E-state index in [1.54, 1.807) is 36.3 Å². The van der Waals surface area contributed by atoms with E-state index in [1.165, 1.54) is 4.90 Å². The summed E-state index contributed by atoms with van der Waals surface area (Å²) >= 11 is 0. The van der Waals surface area contributed by atoms with Crippen molar-refractivity contribution in [1.82, 2.24) is 9.80 Å². The predicted molar refractivity (Wildman–Crippen MR) is 126 cm³/mol. The molecule has 2 aliphatic rings. The average molecular weight is 468 g/mol. The summed E-state index contributed by atoms with van der Waals surface area (Å²) in [7, 11) is 3.56. The number of ether oxygens (including phenoxy) is 3. The van der Waals surface area contributed by atoms with Crippen molar-refractivity contribution in [2.75, 3.05) is 65.0 Å². The van der Waals surface area contributed by atoms with Gasteiger partial charge in [0, 0.05) is 31.7 Å². The SMILES string of the molecule is COc1cc(C)ccc1OCC(=O)c1ccc2c(c1)N(CC(=O)N1CCN(C)CC1)C(=O)CO2. The molecule has 9 nitrogen and oxygen atoms in total. The number of hydrogen-bond acceptors (Lipinski definition) is 7. The lowest BCUT2D eigenvalue weighted by Crippen LogP contribution is -2.52. The molecule has 2 amide bonds. The molecule has 0 spiro atoms. The number of likely N-dealkylation sites (N-methyl/N-ethyl adjacent to an activating group) is 1. The first-order valence-electron chi connectivity index (χ1n) is 11.2. The lowest BCUT2D eigenvalue weighted by molar-refractivity contribution is -0.133. The van der Waals surface area contributed by atoms with Gasteiger partial charge in [-0.1, -0.05) is 6.07 Å². The van der Waals surface area contributed by atoms with E-state index in [4.69, 9.17) is 14.2 Å². The third kappa shape index (κ3) is 5.14. The van der Waals surface area contributed by atoms with E-state index in [1.807, 2.05) is 26.1 Å². The van der Waals surface area contributed by atoms with Crippen LogP contribution in [0.3, 0.4) is 0 Å². The number of amides is 2. The first-order valence-corrected chi connectivity index (χ1v) is 11.2. The minimum absolute atomic E-state index is 0.0897. The van der Waals surface area contributed by atoms with Crippen LogP contribution in [0, 0.1) is 6.92 Å². The van der Waals surface area contributed by atoms with Crippen LogP contribution in [0.5, 0.6) is 17.2 Å². The maximum absolute atomic E-state index is 12.9. The molecule has 0 aromatic heterocycles. The van der Waals surface area contributed by atoms with Crippen LogP contribution >= 0.6 is 0 Å². The van der Waals surface area contributed by atoms with Crippen molar-refractivity contribution in [3.8, 4) is 17.2 Å². The summed E-state index contributed by atoms with van der Waals surface area (Å²) in [4.78, 5) is 43.7. The maximum Gasteiger partial charge on any atom is 0.265 e. The van der Waals surface area contributed by atoms with Gasteiger partial charge in [0.15, 0.2) is 30.5 Å². The topological polar surface area (TPSA) is 88.6 Å². The quantitative estimate of drug-likeness (QED) is 0.574. The summed E-state index contributed by atoms with van der Waals surface area (Å²) in [6.07, 6.45) is 0. The van der Waals surface area contributed by atoms with Crippen molar-refractivity contribution < 1.29 is 28.6 Å². The van der Waals surface area contributed by atoms with Gasteiger partial charge in [0.1, 0.15) is 12.3 Å². The molecule has 0 unspecified atom stereocenters. The summed E-state index contributed by atoms with van der Waals surface area (Å²) in [6.45, 7) is 4.34. The van der Waals surface area contributed by atoms with E-state index >= 15 is 0 Å². The van der Waals surface area contributed by atoms with Crippen molar-refractivity contribution in [2.45, 2.75) is 6.92 Å². The van der Waals surface area contributed by atoms with Gasteiger partial charge in [0.25, 0.3) is 5.91 Å². The standard InChI is InChI=1S/C25H29N3O6/c1-17-4-6-22(23(12-17)32-3)33-15-20(29)18-5-7-21-19(13-18)28(25(31)16-34-21)14-24(30)27-10-8-26(2)9-11-27/h4-7,12-13H,8-11,14-16H2,1-3H3. The van der Waals surface area contributed by atoms with Crippen LogP contribution in [-0.2, 0) is 9.59 Å². The molecule has 0 radical (unpaired) electrons. The van der Waals surface area contributed by atoms with Gasteiger partial charge in [-0.15, -0.1) is 0 Å². The highest BCUT2D eigenvalue weighted by Gasteiger charge is 2.30. The van der Waals surface area contributed by atoms with Crippen LogP contribution in [0.2, 0.25) is 0 Å². The van der Waals surface area contributed by atoms with Crippen molar-refractivity contribution in [3.05, 3.63) is 47.5 Å². The van der Waals surface area contributed by atoms with Gasteiger partial charge in [0.05, 0.1) is 12.8 Å². The van der Waals surface area contributed by atoms with E-state index in [0.717, 1.165) is 18.7 Å². The van der Waals surface area contributed by atoms with Gasteiger partial charge in [-0.05, 0) is 49.9 Å². The fourth-order valence-electron chi connectivity index (χ4n) is 3.96. The van der Waals surface area contributed by atoms with Gasteiger partial charge in [-0.25, -0.2) is 0 Å². The minimum Gasteiger partial charge on any atom is -0.493 e. The van der Waals surface area contributed by atoms with E-state index in [-0.39, 0.29) is 37.4 Å². The number of fused-ring (bicyclic) bond motifs is 1. The van der Waals surface area contributed by atoms with Crippen LogP contribution < -0.4 is 19.1 Å². The molecule has 2 heterocycles. The van der Waals surface area contributed by atoms with Gasteiger partial charge >= 0.3 is 0 Å². The Morgan fingerprint density at radius 3 is 2.53 bits per heavy atom. The Morgan fingerprint density at radius 1 is 1.03 bits per heavy atom. The normalized spacial score (nSPS) is 16.0. The minimum atomic E-state index is -0.319. The zero-order valence-electron chi connectivity index (χ0n) is 19.7. The largest absolute Gasteiger partial charge is 0.493 e. The smallest absolute Gasteiger partial charge is 0.265 e. The highest BCUT2D eigenvalue weighted by Crippen LogP contribution is 2.33. The predicted octanol–water partition coefficient (Wildman–Crippen LogP) is 1.76. The van der Waals surface area contributed by atoms with Crippen LogP contribution in [0.25, 0.3) is 0 Å². The summed E-state index contributed by atoms with van der Waals surface area (Å²) in [5.41, 5.74) is 1.79. The monoisotopic (exact) mass is 467 g/mol. The number of carbonyl (C=O) groups is 3. The number of ketones is 1. The number of aryl methyl sites for hydroxylation is 1. The lowest BCUT2D eigenvalue weighted by atomic mass is 10.1. The fraction of sp³-hybridized carbons (Fsp3) is 0.400. The van der Waals surface area contributed by atoms with Crippen LogP contribution in [-0.4, -0.2) is 87.5 Å². The maximum atomic E-state index is 12.9. The first kappa shape index (κ1) is 23.6. The molecule has 1 saturated heterocycles. The van der Waals surface area contributed by atoms with E-state index in [9.17, 15) is 14.4 Å². The number of carbonyl (C=O) groups excluding carboxylic acids is 3. The molecule has 0 atom stereocenters. The zero-order valence-corrected chi connectivity index (χ0v) is 19.7. The molecule has 1 fully saturated rings. The molecular formula is C25H29N3O6. The molecule has 0 aliphatic carbocycles. The summed E-state index contributed by atoms with van der Waals surface area (Å²) in [6, 6.07) is 10.3. The van der Waals surface area contributed by atoms with Crippen molar-refractivity contribution in [2.24, 2.45) is 0 Å². The molecule has 180 valence electrons. The molecule has 34 heavy (non-hydrogen) atoms. The molecule has 0 bridgehead atoms. The van der Waals surface area contributed by atoms with Gasteiger partial charge < -0.3 is 24.0 Å². The Bertz CT molecular complexity index is 1090. The van der Waals surface area contributed by atoms with Crippen molar-refractivity contribution in [1.29, 1.82) is 0 Å². The van der Waals surface area contributed by atoms with E-state index in [0.29, 0.717) is 41.6 Å². The molecule has 2 aromatic rings. The molecule has 0 N–H and O–H groups in total. The fourth-order valence-corrected chi connectivity index (χ4v) is 3.96. The molecule has 9 heteroatoms. The molecule has 4 rings (SSSR count). The molecule has 2 aromatic carbocycles. The third-order valence-electron chi connectivity index (χ3n) is 6.05. The number of methoxy groups -OCH3 is 1.